The number of nitrogens with zero attached hydrogens (tertiary/aromatic N) is 2. The van der Waals surface area contributed by atoms with Gasteiger partial charge < -0.3 is 4.74 Å². The summed E-state index contributed by atoms with van der Waals surface area (Å²) in [6.07, 6.45) is 36.7. The van der Waals surface area contributed by atoms with Crippen molar-refractivity contribution in [2.75, 3.05) is 43.5 Å². The van der Waals surface area contributed by atoms with E-state index in [4.69, 9.17) is 24.1 Å². The van der Waals surface area contributed by atoms with Gasteiger partial charge in [-0.25, -0.2) is 19.4 Å². The molecule has 0 saturated heterocycles. The largest absolute Gasteiger partial charge is 0.369 e. The Morgan fingerprint density at radius 1 is 0.300 bits per heavy atom. The summed E-state index contributed by atoms with van der Waals surface area (Å²) in [5.41, 5.74) is 4.09. The molecule has 0 aromatic heterocycles. The van der Waals surface area contributed by atoms with E-state index in [1.54, 1.807) is 10.5 Å². The molecular formula is C53H94N2O5. The molecule has 0 atom stereocenters. The van der Waals surface area contributed by atoms with Gasteiger partial charge in [0.25, 0.3) is 0 Å². The lowest BCUT2D eigenvalue weighted by atomic mass is 10.0. The highest BCUT2D eigenvalue weighted by Gasteiger charge is 2.18. The molecule has 0 spiro atoms. The van der Waals surface area contributed by atoms with E-state index < -0.39 is 0 Å². The minimum atomic E-state index is -0.188. The van der Waals surface area contributed by atoms with E-state index >= 15 is 0 Å². The van der Waals surface area contributed by atoms with Gasteiger partial charge in [0.15, 0.2) is 0 Å². The van der Waals surface area contributed by atoms with Crippen LogP contribution in [0.5, 0.6) is 0 Å². The highest BCUT2D eigenvalue weighted by Crippen LogP contribution is 2.31. The van der Waals surface area contributed by atoms with Crippen molar-refractivity contribution in [3.8, 4) is 0 Å². The molecule has 2 rings (SSSR count). The second-order valence-electron chi connectivity index (χ2n) is 17.1. The first-order chi connectivity index (χ1) is 29.7. The maximum Gasteiger partial charge on any atom is 0.108 e. The molecule has 0 unspecified atom stereocenters. The van der Waals surface area contributed by atoms with Gasteiger partial charge in [-0.15, -0.1) is 10.5 Å². The molecule has 346 valence electrons. The van der Waals surface area contributed by atoms with Crippen molar-refractivity contribution in [2.24, 2.45) is 0 Å². The summed E-state index contributed by atoms with van der Waals surface area (Å²) in [7, 11) is 0. The zero-order chi connectivity index (χ0) is 43.0. The van der Waals surface area contributed by atoms with Crippen LogP contribution in [0.25, 0.3) is 0 Å². The maximum absolute atomic E-state index is 6.75. The quantitative estimate of drug-likeness (QED) is 0.0487. The van der Waals surface area contributed by atoms with E-state index in [-0.39, 0.29) is 6.10 Å². The zero-order valence-electron chi connectivity index (χ0n) is 39.9. The van der Waals surface area contributed by atoms with Crippen LogP contribution in [0.2, 0.25) is 0 Å². The van der Waals surface area contributed by atoms with Gasteiger partial charge in [0, 0.05) is 6.61 Å². The van der Waals surface area contributed by atoms with Gasteiger partial charge in [-0.1, -0.05) is 219 Å². The lowest BCUT2D eigenvalue weighted by Gasteiger charge is -2.25. The number of rotatable bonds is 44. The van der Waals surface area contributed by atoms with Gasteiger partial charge in [-0.3, -0.25) is 0 Å². The molecule has 7 heteroatoms. The Hall–Kier alpha value is -2.16. The molecule has 0 aliphatic rings. The van der Waals surface area contributed by atoms with E-state index in [9.17, 15) is 0 Å². The predicted octanol–water partition coefficient (Wildman–Crippen LogP) is 16.9. The standard InChI is InChI=1S/C53H94N2O5/c1-6-11-16-21-26-31-44-56-53(49-36-40-51(41-37-49)54(57-45-32-27-22-17-12-7-2)58-46-33-28-23-18-13-8-3)50-38-42-52(43-39-50)55(59-47-34-29-24-19-14-9-4)60-48-35-30-25-20-15-10-5/h36-43,53H,6-35,44-48H2,1-5H3. The molecule has 0 saturated carbocycles. The Morgan fingerprint density at radius 3 is 0.800 bits per heavy atom. The van der Waals surface area contributed by atoms with Crippen LogP contribution in [-0.4, -0.2) is 33.0 Å². The molecule has 0 fully saturated rings. The van der Waals surface area contributed by atoms with Crippen LogP contribution in [0.3, 0.4) is 0 Å². The van der Waals surface area contributed by atoms with Gasteiger partial charge >= 0.3 is 0 Å². The van der Waals surface area contributed by atoms with Crippen LogP contribution < -0.4 is 10.5 Å². The molecule has 0 bridgehead atoms. The molecule has 0 aliphatic heterocycles. The van der Waals surface area contributed by atoms with E-state index in [0.717, 1.165) is 61.2 Å². The smallest absolute Gasteiger partial charge is 0.108 e. The zero-order valence-corrected chi connectivity index (χ0v) is 39.9. The summed E-state index contributed by atoms with van der Waals surface area (Å²) >= 11 is 0. The van der Waals surface area contributed by atoms with Gasteiger partial charge in [0.1, 0.15) is 6.10 Å². The Morgan fingerprint density at radius 2 is 0.533 bits per heavy atom. The molecular weight excluding hydrogens is 745 g/mol. The van der Waals surface area contributed by atoms with Crippen molar-refractivity contribution in [3.05, 3.63) is 59.7 Å². The van der Waals surface area contributed by atoms with Crippen LogP contribution in [0.4, 0.5) is 11.4 Å². The average molecular weight is 839 g/mol. The maximum atomic E-state index is 6.75. The van der Waals surface area contributed by atoms with Crippen molar-refractivity contribution in [2.45, 2.75) is 233 Å². The SMILES string of the molecule is CCCCCCCCOC(c1ccc(N(OCCCCCCCC)OCCCCCCCC)cc1)c1ccc(N(OCCCCCCCC)OCCCCCCCC)cc1. The Labute approximate surface area is 370 Å². The van der Waals surface area contributed by atoms with Crippen LogP contribution >= 0.6 is 0 Å². The normalized spacial score (nSPS) is 11.6. The van der Waals surface area contributed by atoms with Crippen LogP contribution in [-0.2, 0) is 24.1 Å². The van der Waals surface area contributed by atoms with Crippen LogP contribution in [0.1, 0.15) is 244 Å². The second kappa shape index (κ2) is 39.7. The molecule has 0 aliphatic carbocycles. The molecule has 0 heterocycles. The fourth-order valence-electron chi connectivity index (χ4n) is 7.50. The minimum Gasteiger partial charge on any atom is -0.369 e. The lowest BCUT2D eigenvalue weighted by molar-refractivity contribution is -0.0916. The summed E-state index contributed by atoms with van der Waals surface area (Å²) in [6.45, 7) is 14.7. The van der Waals surface area contributed by atoms with E-state index in [0.29, 0.717) is 26.4 Å². The van der Waals surface area contributed by atoms with Gasteiger partial charge in [0.05, 0.1) is 37.8 Å². The first kappa shape index (κ1) is 54.0. The molecule has 7 nitrogen and oxygen atoms in total. The summed E-state index contributed by atoms with van der Waals surface area (Å²) < 4.78 is 6.75. The third kappa shape index (κ3) is 27.0. The fraction of sp³-hybridized carbons (Fsp3) is 0.774. The Kier molecular flexibility index (Phi) is 35.7. The Bertz CT molecular complexity index is 1060. The molecule has 60 heavy (non-hydrogen) atoms. The van der Waals surface area contributed by atoms with Crippen molar-refractivity contribution in [1.29, 1.82) is 0 Å². The van der Waals surface area contributed by atoms with Crippen molar-refractivity contribution in [1.82, 2.24) is 0 Å². The van der Waals surface area contributed by atoms with Crippen molar-refractivity contribution in [3.63, 3.8) is 0 Å². The average Bonchev–Trinajstić information content (AvgIpc) is 3.27. The van der Waals surface area contributed by atoms with Crippen molar-refractivity contribution < 1.29 is 24.1 Å². The van der Waals surface area contributed by atoms with E-state index in [1.807, 2.05) is 0 Å². The van der Waals surface area contributed by atoms with E-state index in [2.05, 4.69) is 83.1 Å². The first-order valence-electron chi connectivity index (χ1n) is 25.6. The third-order valence-electron chi connectivity index (χ3n) is 11.4. The molecule has 2 aromatic carbocycles. The molecule has 0 N–H and O–H groups in total. The number of hydrogen-bond acceptors (Lipinski definition) is 7. The summed E-state index contributed by atoms with van der Waals surface area (Å²) in [4.78, 5) is 25.1. The highest BCUT2D eigenvalue weighted by molar-refractivity contribution is 5.48. The van der Waals surface area contributed by atoms with Gasteiger partial charge in [-0.2, -0.15) is 0 Å². The predicted molar refractivity (Wildman–Crippen MR) is 256 cm³/mol. The fourth-order valence-corrected chi connectivity index (χ4v) is 7.50. The number of hydrogen-bond donors (Lipinski definition) is 0. The van der Waals surface area contributed by atoms with E-state index in [1.165, 1.54) is 161 Å². The highest BCUT2D eigenvalue weighted by atomic mass is 17.0. The van der Waals surface area contributed by atoms with Gasteiger partial charge in [-0.05, 0) is 67.5 Å². The van der Waals surface area contributed by atoms with Gasteiger partial charge in [0.2, 0.25) is 0 Å². The number of anilines is 2. The van der Waals surface area contributed by atoms with Crippen LogP contribution in [0, 0.1) is 0 Å². The lowest BCUT2D eigenvalue weighted by Crippen LogP contribution is -2.25. The summed E-state index contributed by atoms with van der Waals surface area (Å²) in [5.74, 6) is 0. The summed E-state index contributed by atoms with van der Waals surface area (Å²) in [6, 6.07) is 17.2. The molecule has 2 aromatic rings. The second-order valence-corrected chi connectivity index (χ2v) is 17.1. The first-order valence-corrected chi connectivity index (χ1v) is 25.6. The number of benzene rings is 2. The van der Waals surface area contributed by atoms with Crippen molar-refractivity contribution >= 4 is 11.4 Å². The van der Waals surface area contributed by atoms with Crippen LogP contribution in [0.15, 0.2) is 48.5 Å². The topological polar surface area (TPSA) is 52.6 Å². The molecule has 0 radical (unpaired) electrons. The monoisotopic (exact) mass is 839 g/mol. The minimum absolute atomic E-state index is 0.188. The molecule has 0 amide bonds. The third-order valence-corrected chi connectivity index (χ3v) is 11.4. The Balaban J connectivity index is 2.20. The number of ether oxygens (including phenoxy) is 1. The number of unbranched alkanes of at least 4 members (excludes halogenated alkanes) is 25. The summed E-state index contributed by atoms with van der Waals surface area (Å²) in [5, 5.41) is 3.35.